The molecule has 2 fully saturated rings. The molecule has 9 nitrogen and oxygen atoms in total. The molecule has 1 heterocycles. The Kier molecular flexibility index (Phi) is 4.81. The summed E-state index contributed by atoms with van der Waals surface area (Å²) in [6, 6.07) is 0. The van der Waals surface area contributed by atoms with E-state index < -0.39 is 24.1 Å². The molecule has 1 amide bonds. The monoisotopic (exact) mass is 276 g/mol. The molecule has 1 aliphatic carbocycles. The number of aliphatic carboxylic acids is 2. The number of hydrogen-bond donors (Lipinski definition) is 6. The van der Waals surface area contributed by atoms with Crippen molar-refractivity contribution in [3.05, 3.63) is 0 Å². The summed E-state index contributed by atoms with van der Waals surface area (Å²) < 4.78 is 0. The topological polar surface area (TPSA) is 170 Å². The molecule has 2 aliphatic rings. The lowest BCUT2D eigenvalue weighted by Gasteiger charge is -2.07. The Morgan fingerprint density at radius 2 is 1.37 bits per heavy atom. The van der Waals surface area contributed by atoms with Crippen LogP contribution in [0.4, 0.5) is 0 Å². The predicted molar refractivity (Wildman–Crippen MR) is 59.8 cm³/mol. The van der Waals surface area contributed by atoms with E-state index in [9.17, 15) is 14.4 Å². The fourth-order valence-electron chi connectivity index (χ4n) is 2.11. The molecule has 4 unspecified atom stereocenters. The smallest absolute Gasteiger partial charge is 0.335 e. The van der Waals surface area contributed by atoms with Gasteiger partial charge in [0.25, 0.3) is 0 Å². The van der Waals surface area contributed by atoms with E-state index in [4.69, 9.17) is 26.2 Å². The van der Waals surface area contributed by atoms with Gasteiger partial charge in [-0.3, -0.25) is 4.79 Å². The van der Waals surface area contributed by atoms with Gasteiger partial charge in [0.2, 0.25) is 5.91 Å². The average molecular weight is 276 g/mol. The molecular weight excluding hydrogens is 260 g/mol. The molecule has 0 bridgehead atoms. The molecule has 2 rings (SSSR count). The molecule has 0 radical (unpaired) electrons. The van der Waals surface area contributed by atoms with Crippen LogP contribution >= 0.6 is 0 Å². The first kappa shape index (κ1) is 15.3. The van der Waals surface area contributed by atoms with Crippen molar-refractivity contribution in [2.45, 2.75) is 12.2 Å². The highest BCUT2D eigenvalue weighted by Crippen LogP contribution is 2.48. The highest BCUT2D eigenvalue weighted by atomic mass is 16.4. The Morgan fingerprint density at radius 1 is 1.00 bits per heavy atom. The molecule has 0 spiro atoms. The maximum absolute atomic E-state index is 10.6. The Balaban J connectivity index is 0.000000190. The van der Waals surface area contributed by atoms with Gasteiger partial charge in [0.1, 0.15) is 0 Å². The molecule has 1 aliphatic heterocycles. The van der Waals surface area contributed by atoms with Gasteiger partial charge >= 0.3 is 11.9 Å². The van der Waals surface area contributed by atoms with E-state index in [1.54, 1.807) is 0 Å². The quantitative estimate of drug-likeness (QED) is 0.312. The summed E-state index contributed by atoms with van der Waals surface area (Å²) in [5, 5.41) is 35.7. The van der Waals surface area contributed by atoms with Crippen molar-refractivity contribution in [2.24, 2.45) is 23.5 Å². The van der Waals surface area contributed by atoms with Gasteiger partial charge in [0.15, 0.2) is 12.2 Å². The number of hydrogen-bond acceptors (Lipinski definition) is 6. The summed E-state index contributed by atoms with van der Waals surface area (Å²) in [7, 11) is 0. The standard InChI is InChI=1S/C6H10N2O.C4H6O6/c7-6(9)5-3-1-8-2-4(3)5;5-1(3(7)8)2(6)4(9)10/h3-5,8H,1-2H2,(H2,7,9);1-2,5-6H,(H,7,8)(H,9,10). The van der Waals surface area contributed by atoms with Crippen molar-refractivity contribution in [2.75, 3.05) is 13.1 Å². The van der Waals surface area contributed by atoms with Crippen LogP contribution in [0, 0.1) is 17.8 Å². The number of carboxylic acids is 2. The van der Waals surface area contributed by atoms with Crippen LogP contribution in [0.2, 0.25) is 0 Å². The van der Waals surface area contributed by atoms with Crippen LogP contribution in [-0.2, 0) is 14.4 Å². The molecule has 7 N–H and O–H groups in total. The zero-order valence-corrected chi connectivity index (χ0v) is 9.89. The molecule has 0 aromatic heterocycles. The van der Waals surface area contributed by atoms with Crippen LogP contribution in [0.1, 0.15) is 0 Å². The summed E-state index contributed by atoms with van der Waals surface area (Å²) in [6.45, 7) is 2.00. The molecule has 1 saturated heterocycles. The fraction of sp³-hybridized carbons (Fsp3) is 0.700. The van der Waals surface area contributed by atoms with Crippen LogP contribution in [0.5, 0.6) is 0 Å². The first-order valence-corrected chi connectivity index (χ1v) is 5.59. The third-order valence-electron chi connectivity index (χ3n) is 3.23. The van der Waals surface area contributed by atoms with Gasteiger partial charge in [-0.25, -0.2) is 9.59 Å². The zero-order valence-electron chi connectivity index (χ0n) is 9.89. The van der Waals surface area contributed by atoms with Crippen LogP contribution in [0.25, 0.3) is 0 Å². The van der Waals surface area contributed by atoms with Gasteiger partial charge in [-0.2, -0.15) is 0 Å². The number of nitrogens with one attached hydrogen (secondary N) is 1. The fourth-order valence-corrected chi connectivity index (χ4v) is 2.11. The van der Waals surface area contributed by atoms with E-state index >= 15 is 0 Å². The third-order valence-corrected chi connectivity index (χ3v) is 3.23. The van der Waals surface area contributed by atoms with Crippen molar-refractivity contribution >= 4 is 17.8 Å². The van der Waals surface area contributed by atoms with E-state index in [0.29, 0.717) is 11.8 Å². The van der Waals surface area contributed by atoms with Gasteiger partial charge in [-0.15, -0.1) is 0 Å². The number of nitrogens with two attached hydrogens (primary N) is 1. The van der Waals surface area contributed by atoms with Crippen LogP contribution in [0.3, 0.4) is 0 Å². The lowest BCUT2D eigenvalue weighted by molar-refractivity contribution is -0.165. The molecule has 9 heteroatoms. The molecule has 19 heavy (non-hydrogen) atoms. The second kappa shape index (κ2) is 5.95. The molecule has 1 saturated carbocycles. The Hall–Kier alpha value is -1.71. The van der Waals surface area contributed by atoms with Crippen LogP contribution in [-0.4, -0.2) is 63.6 Å². The number of piperidine rings is 1. The SMILES string of the molecule is NC(=O)C1C2CNCC21.O=C(O)C(O)C(O)C(=O)O. The first-order chi connectivity index (χ1) is 8.77. The maximum atomic E-state index is 10.6. The summed E-state index contributed by atoms with van der Waals surface area (Å²) in [4.78, 5) is 30.1. The van der Waals surface area contributed by atoms with E-state index in [-0.39, 0.29) is 11.8 Å². The highest BCUT2D eigenvalue weighted by Gasteiger charge is 2.55. The van der Waals surface area contributed by atoms with E-state index in [0.717, 1.165) is 13.1 Å². The maximum Gasteiger partial charge on any atom is 0.335 e. The number of aliphatic hydroxyl groups is 2. The summed E-state index contributed by atoms with van der Waals surface area (Å²) in [6.07, 6.45) is -4.53. The van der Waals surface area contributed by atoms with E-state index in [1.807, 2.05) is 0 Å². The van der Waals surface area contributed by atoms with Gasteiger partial charge in [0, 0.05) is 5.92 Å². The highest BCUT2D eigenvalue weighted by molar-refractivity contribution is 5.83. The van der Waals surface area contributed by atoms with Crippen LogP contribution in [0.15, 0.2) is 0 Å². The van der Waals surface area contributed by atoms with Gasteiger partial charge < -0.3 is 31.5 Å². The normalized spacial score (nSPS) is 30.3. The van der Waals surface area contributed by atoms with Crippen molar-refractivity contribution in [1.82, 2.24) is 5.32 Å². The van der Waals surface area contributed by atoms with Gasteiger partial charge in [0.05, 0.1) is 0 Å². The first-order valence-electron chi connectivity index (χ1n) is 5.59. The van der Waals surface area contributed by atoms with Crippen molar-refractivity contribution in [1.29, 1.82) is 0 Å². The summed E-state index contributed by atoms with van der Waals surface area (Å²) in [5.74, 6) is -2.26. The Morgan fingerprint density at radius 3 is 1.58 bits per heavy atom. The minimum Gasteiger partial charge on any atom is -0.479 e. The Bertz CT molecular complexity index is 358. The number of carboxylic acid groups (broad SMARTS) is 2. The molecule has 108 valence electrons. The lowest BCUT2D eigenvalue weighted by Crippen LogP contribution is -2.39. The van der Waals surface area contributed by atoms with Crippen molar-refractivity contribution in [3.63, 3.8) is 0 Å². The second-order valence-corrected chi connectivity index (χ2v) is 4.48. The number of carbonyl (C=O) groups is 3. The second-order valence-electron chi connectivity index (χ2n) is 4.48. The number of primary amides is 1. The van der Waals surface area contributed by atoms with Crippen LogP contribution < -0.4 is 11.1 Å². The summed E-state index contributed by atoms with van der Waals surface area (Å²) in [5.41, 5.74) is 5.12. The molecular formula is C10H16N2O7. The largest absolute Gasteiger partial charge is 0.479 e. The van der Waals surface area contributed by atoms with Gasteiger partial charge in [-0.1, -0.05) is 0 Å². The Labute approximate surface area is 108 Å². The lowest BCUT2D eigenvalue weighted by atomic mass is 10.2. The zero-order chi connectivity index (χ0) is 14.7. The van der Waals surface area contributed by atoms with Crippen molar-refractivity contribution in [3.8, 4) is 0 Å². The minimum atomic E-state index is -2.27. The number of amides is 1. The van der Waals surface area contributed by atoms with Gasteiger partial charge in [-0.05, 0) is 24.9 Å². The minimum absolute atomic E-state index is 0.105. The number of aliphatic hydroxyl groups excluding tert-OH is 2. The average Bonchev–Trinajstić information content (AvgIpc) is 2.83. The van der Waals surface area contributed by atoms with Crippen molar-refractivity contribution < 1.29 is 34.8 Å². The molecule has 0 aromatic carbocycles. The third kappa shape index (κ3) is 3.63. The predicted octanol–water partition coefficient (Wildman–Crippen LogP) is -3.19. The molecule has 0 aromatic rings. The summed E-state index contributed by atoms with van der Waals surface area (Å²) >= 11 is 0. The number of fused-ring (bicyclic) bond motifs is 1. The number of carbonyl (C=O) groups excluding carboxylic acids is 1. The van der Waals surface area contributed by atoms with E-state index in [2.05, 4.69) is 5.32 Å². The number of rotatable bonds is 4. The molecule has 4 atom stereocenters. The van der Waals surface area contributed by atoms with E-state index in [1.165, 1.54) is 0 Å².